The Hall–Kier alpha value is -0.710. The molecule has 1 fully saturated rings. The highest BCUT2D eigenvalue weighted by atomic mass is 32.1. The summed E-state index contributed by atoms with van der Waals surface area (Å²) in [6.07, 6.45) is 4.65. The van der Waals surface area contributed by atoms with Gasteiger partial charge in [0.05, 0.1) is 12.7 Å². The van der Waals surface area contributed by atoms with Crippen LogP contribution in [0.2, 0.25) is 0 Å². The number of ether oxygens (including phenoxy) is 1. The second kappa shape index (κ2) is 7.78. The lowest BCUT2D eigenvalue weighted by atomic mass is 10.1. The van der Waals surface area contributed by atoms with E-state index in [2.05, 4.69) is 24.4 Å². The molecule has 1 saturated heterocycles. The monoisotopic (exact) mass is 281 g/mol. The Morgan fingerprint density at radius 1 is 1.37 bits per heavy atom. The molecule has 0 radical (unpaired) electrons. The molecule has 2 heterocycles. The fraction of sp³-hybridized carbons (Fsp3) is 0.667. The van der Waals surface area contributed by atoms with E-state index in [9.17, 15) is 4.79 Å². The third kappa shape index (κ3) is 5.05. The molecule has 0 amide bonds. The van der Waals surface area contributed by atoms with Crippen LogP contribution in [-0.2, 0) is 22.4 Å². The van der Waals surface area contributed by atoms with E-state index >= 15 is 0 Å². The first-order chi connectivity index (χ1) is 9.28. The van der Waals surface area contributed by atoms with E-state index in [0.29, 0.717) is 31.3 Å². The summed E-state index contributed by atoms with van der Waals surface area (Å²) < 4.78 is 5.76. The molecule has 0 bridgehead atoms. The third-order valence-electron chi connectivity index (χ3n) is 3.46. The standard InChI is InChI=1S/C15H23NO2S/c1-2-14-3-4-15(19-14)11-12(17)7-10-18-13-5-8-16-9-6-13/h3-4,13,16H,2,5-11H2,1H3. The van der Waals surface area contributed by atoms with Crippen molar-refractivity contribution in [2.45, 2.75) is 45.1 Å². The Kier molecular flexibility index (Phi) is 6.01. The summed E-state index contributed by atoms with van der Waals surface area (Å²) in [4.78, 5) is 14.4. The van der Waals surface area contributed by atoms with Gasteiger partial charge < -0.3 is 10.1 Å². The molecule has 4 heteroatoms. The highest BCUT2D eigenvalue weighted by molar-refractivity contribution is 7.12. The molecule has 19 heavy (non-hydrogen) atoms. The predicted octanol–water partition coefficient (Wildman–Crippen LogP) is 2.58. The van der Waals surface area contributed by atoms with Crippen LogP contribution in [-0.4, -0.2) is 31.6 Å². The second-order valence-electron chi connectivity index (χ2n) is 5.01. The van der Waals surface area contributed by atoms with Crippen molar-refractivity contribution in [3.63, 3.8) is 0 Å². The maximum atomic E-state index is 11.9. The minimum absolute atomic E-state index is 0.290. The molecule has 1 aliphatic rings. The van der Waals surface area contributed by atoms with E-state index in [-0.39, 0.29) is 0 Å². The molecule has 106 valence electrons. The minimum atomic E-state index is 0.290. The number of ketones is 1. The zero-order valence-corrected chi connectivity index (χ0v) is 12.4. The van der Waals surface area contributed by atoms with E-state index in [4.69, 9.17) is 4.74 Å². The van der Waals surface area contributed by atoms with Gasteiger partial charge >= 0.3 is 0 Å². The van der Waals surface area contributed by atoms with Gasteiger partial charge in [-0.3, -0.25) is 4.79 Å². The highest BCUT2D eigenvalue weighted by Gasteiger charge is 2.14. The Morgan fingerprint density at radius 2 is 2.11 bits per heavy atom. The fourth-order valence-corrected chi connectivity index (χ4v) is 3.28. The van der Waals surface area contributed by atoms with Crippen molar-refractivity contribution in [1.82, 2.24) is 5.32 Å². The largest absolute Gasteiger partial charge is 0.378 e. The van der Waals surface area contributed by atoms with Crippen molar-refractivity contribution in [2.24, 2.45) is 0 Å². The summed E-state index contributed by atoms with van der Waals surface area (Å²) in [6.45, 7) is 4.79. The number of carbonyl (C=O) groups excluding carboxylic acids is 1. The van der Waals surface area contributed by atoms with Gasteiger partial charge in [0.2, 0.25) is 0 Å². The second-order valence-corrected chi connectivity index (χ2v) is 6.26. The smallest absolute Gasteiger partial charge is 0.140 e. The van der Waals surface area contributed by atoms with Gasteiger partial charge in [0.1, 0.15) is 5.78 Å². The third-order valence-corrected chi connectivity index (χ3v) is 4.69. The van der Waals surface area contributed by atoms with Crippen molar-refractivity contribution in [3.05, 3.63) is 21.9 Å². The molecule has 1 aromatic heterocycles. The molecule has 1 N–H and O–H groups in total. The normalized spacial score (nSPS) is 16.7. The minimum Gasteiger partial charge on any atom is -0.378 e. The summed E-state index contributed by atoms with van der Waals surface area (Å²) in [5, 5.41) is 3.31. The van der Waals surface area contributed by atoms with Gasteiger partial charge in [-0.05, 0) is 44.5 Å². The van der Waals surface area contributed by atoms with Gasteiger partial charge in [-0.2, -0.15) is 0 Å². The summed E-state index contributed by atoms with van der Waals surface area (Å²) >= 11 is 1.75. The lowest BCUT2D eigenvalue weighted by Gasteiger charge is -2.22. The molecule has 1 aliphatic heterocycles. The van der Waals surface area contributed by atoms with E-state index in [0.717, 1.165) is 32.4 Å². The molecule has 0 spiro atoms. The van der Waals surface area contributed by atoms with E-state index in [1.54, 1.807) is 11.3 Å². The van der Waals surface area contributed by atoms with Gasteiger partial charge in [-0.25, -0.2) is 0 Å². The lowest BCUT2D eigenvalue weighted by Crippen LogP contribution is -2.32. The number of piperidine rings is 1. The van der Waals surface area contributed by atoms with Crippen LogP contribution >= 0.6 is 11.3 Å². The Bertz CT molecular complexity index is 397. The van der Waals surface area contributed by atoms with Gasteiger partial charge in [0.15, 0.2) is 0 Å². The molecule has 0 atom stereocenters. The zero-order chi connectivity index (χ0) is 13.5. The van der Waals surface area contributed by atoms with E-state index in [1.807, 2.05) is 0 Å². The highest BCUT2D eigenvalue weighted by Crippen LogP contribution is 2.18. The van der Waals surface area contributed by atoms with Crippen LogP contribution in [0.4, 0.5) is 0 Å². The first-order valence-corrected chi connectivity index (χ1v) is 8.01. The van der Waals surface area contributed by atoms with Crippen LogP contribution in [0.25, 0.3) is 0 Å². The van der Waals surface area contributed by atoms with Gasteiger partial charge in [-0.1, -0.05) is 6.92 Å². The predicted molar refractivity (Wildman–Crippen MR) is 78.9 cm³/mol. The maximum Gasteiger partial charge on any atom is 0.140 e. The topological polar surface area (TPSA) is 38.3 Å². The van der Waals surface area contributed by atoms with Crippen LogP contribution in [0.3, 0.4) is 0 Å². The number of carbonyl (C=O) groups is 1. The number of aryl methyl sites for hydroxylation is 1. The number of hydrogen-bond donors (Lipinski definition) is 1. The average molecular weight is 281 g/mol. The van der Waals surface area contributed by atoms with Gasteiger partial charge in [-0.15, -0.1) is 11.3 Å². The quantitative estimate of drug-likeness (QED) is 0.835. The molecule has 0 aliphatic carbocycles. The van der Waals surface area contributed by atoms with Crippen LogP contribution in [0, 0.1) is 0 Å². The average Bonchev–Trinajstić information content (AvgIpc) is 2.87. The molecule has 0 unspecified atom stereocenters. The van der Waals surface area contributed by atoms with Crippen LogP contribution in [0.5, 0.6) is 0 Å². The molecule has 1 aromatic rings. The fourth-order valence-electron chi connectivity index (χ4n) is 2.29. The molecule has 0 aromatic carbocycles. The van der Waals surface area contributed by atoms with E-state index in [1.165, 1.54) is 9.75 Å². The number of nitrogens with one attached hydrogen (secondary N) is 1. The SMILES string of the molecule is CCc1ccc(CC(=O)CCOC2CCNCC2)s1. The first kappa shape index (κ1) is 14.7. The zero-order valence-electron chi connectivity index (χ0n) is 11.6. The number of rotatable bonds is 7. The summed E-state index contributed by atoms with van der Waals surface area (Å²) in [5.41, 5.74) is 0. The van der Waals surface area contributed by atoms with E-state index < -0.39 is 0 Å². The molecule has 2 rings (SSSR count). The molecule has 0 saturated carbocycles. The Balaban J connectivity index is 1.63. The molecule has 3 nitrogen and oxygen atoms in total. The Morgan fingerprint density at radius 3 is 2.79 bits per heavy atom. The van der Waals surface area contributed by atoms with Crippen LogP contribution < -0.4 is 5.32 Å². The van der Waals surface area contributed by atoms with Crippen LogP contribution in [0.1, 0.15) is 35.9 Å². The van der Waals surface area contributed by atoms with Gasteiger partial charge in [0.25, 0.3) is 0 Å². The van der Waals surface area contributed by atoms with Crippen molar-refractivity contribution < 1.29 is 9.53 Å². The van der Waals surface area contributed by atoms with Gasteiger partial charge in [0, 0.05) is 22.6 Å². The number of hydrogen-bond acceptors (Lipinski definition) is 4. The summed E-state index contributed by atoms with van der Waals surface area (Å²) in [5.74, 6) is 0.290. The van der Waals surface area contributed by atoms with Crippen molar-refractivity contribution in [2.75, 3.05) is 19.7 Å². The van der Waals surface area contributed by atoms with Crippen LogP contribution in [0.15, 0.2) is 12.1 Å². The first-order valence-electron chi connectivity index (χ1n) is 7.19. The number of Topliss-reactive ketones (excluding diaryl/α,β-unsaturated/α-hetero) is 1. The molecular formula is C15H23NO2S. The summed E-state index contributed by atoms with van der Waals surface area (Å²) in [6, 6.07) is 4.20. The summed E-state index contributed by atoms with van der Waals surface area (Å²) in [7, 11) is 0. The van der Waals surface area contributed by atoms with Crippen molar-refractivity contribution in [3.8, 4) is 0 Å². The van der Waals surface area contributed by atoms with Crippen molar-refractivity contribution in [1.29, 1.82) is 0 Å². The number of thiophene rings is 1. The maximum absolute atomic E-state index is 11.9. The lowest BCUT2D eigenvalue weighted by molar-refractivity contribution is -0.120. The molecular weight excluding hydrogens is 258 g/mol. The Labute approximate surface area is 119 Å². The van der Waals surface area contributed by atoms with Crippen molar-refractivity contribution >= 4 is 17.1 Å².